The van der Waals surface area contributed by atoms with Crippen molar-refractivity contribution in [3.8, 4) is 0 Å². The Bertz CT molecular complexity index is 705. The number of carbonyl (C=O) groups is 1. The van der Waals surface area contributed by atoms with Gasteiger partial charge >= 0.3 is 6.09 Å². The molecular formula is C23H39IN4O3. The first kappa shape index (κ1) is 27.5. The Hall–Kier alpha value is -1.55. The lowest BCUT2D eigenvalue weighted by molar-refractivity contribution is 0.0476. The van der Waals surface area contributed by atoms with Gasteiger partial charge in [-0.15, -0.1) is 24.0 Å². The summed E-state index contributed by atoms with van der Waals surface area (Å²) in [5.74, 6) is 1.11. The lowest BCUT2D eigenvalue weighted by Gasteiger charge is -2.28. The summed E-state index contributed by atoms with van der Waals surface area (Å²) in [7, 11) is 0. The van der Waals surface area contributed by atoms with Crippen LogP contribution in [0.5, 0.6) is 0 Å². The lowest BCUT2D eigenvalue weighted by Crippen LogP contribution is -2.49. The van der Waals surface area contributed by atoms with Crippen LogP contribution >= 0.6 is 24.0 Å². The van der Waals surface area contributed by atoms with E-state index >= 15 is 0 Å². The first-order valence-electron chi connectivity index (χ1n) is 10.8. The normalized spacial score (nSPS) is 19.4. The molecule has 0 aliphatic carbocycles. The van der Waals surface area contributed by atoms with Crippen LogP contribution in [-0.2, 0) is 9.47 Å². The second-order valence-electron chi connectivity index (χ2n) is 9.34. The second kappa shape index (κ2) is 12.5. The Morgan fingerprint density at radius 3 is 2.45 bits per heavy atom. The average Bonchev–Trinajstić information content (AvgIpc) is 3.11. The molecule has 1 amide bonds. The largest absolute Gasteiger partial charge is 0.444 e. The molecule has 7 nitrogen and oxygen atoms in total. The molecule has 2 atom stereocenters. The van der Waals surface area contributed by atoms with Crippen LogP contribution in [0.25, 0.3) is 0 Å². The predicted octanol–water partition coefficient (Wildman–Crippen LogP) is 4.24. The van der Waals surface area contributed by atoms with Gasteiger partial charge in [0.1, 0.15) is 5.60 Å². The van der Waals surface area contributed by atoms with E-state index in [1.807, 2.05) is 59.7 Å². The molecule has 2 unspecified atom stereocenters. The van der Waals surface area contributed by atoms with E-state index in [-0.39, 0.29) is 30.1 Å². The lowest BCUT2D eigenvalue weighted by atomic mass is 9.95. The van der Waals surface area contributed by atoms with Crippen LogP contribution < -0.4 is 16.0 Å². The summed E-state index contributed by atoms with van der Waals surface area (Å²) < 4.78 is 11.3. The third kappa shape index (κ3) is 10.1. The maximum absolute atomic E-state index is 12.1. The number of hydrogen-bond acceptors (Lipinski definition) is 4. The van der Waals surface area contributed by atoms with Crippen LogP contribution in [0.4, 0.5) is 4.79 Å². The molecule has 0 aromatic heterocycles. The van der Waals surface area contributed by atoms with E-state index < -0.39 is 17.2 Å². The van der Waals surface area contributed by atoms with Gasteiger partial charge in [0.2, 0.25) is 0 Å². The van der Waals surface area contributed by atoms with Crippen LogP contribution in [0, 0.1) is 5.92 Å². The summed E-state index contributed by atoms with van der Waals surface area (Å²) >= 11 is 0. The SMILES string of the molecule is CCNC(=NCC(C)(C)NC(=O)OC(C)(C)C)NCC1CCOC1c1ccccc1.I. The number of rotatable bonds is 7. The minimum absolute atomic E-state index is 0. The van der Waals surface area contributed by atoms with Crippen LogP contribution in [0.15, 0.2) is 35.3 Å². The van der Waals surface area contributed by atoms with Crippen LogP contribution in [-0.4, -0.2) is 49.4 Å². The van der Waals surface area contributed by atoms with Crippen molar-refractivity contribution in [2.75, 3.05) is 26.2 Å². The van der Waals surface area contributed by atoms with Crippen molar-refractivity contribution in [3.05, 3.63) is 35.9 Å². The topological polar surface area (TPSA) is 84.0 Å². The highest BCUT2D eigenvalue weighted by Gasteiger charge is 2.30. The number of benzene rings is 1. The van der Waals surface area contributed by atoms with Crippen molar-refractivity contribution in [2.24, 2.45) is 10.9 Å². The molecule has 31 heavy (non-hydrogen) atoms. The number of guanidine groups is 1. The van der Waals surface area contributed by atoms with E-state index in [9.17, 15) is 4.79 Å². The van der Waals surface area contributed by atoms with Crippen molar-refractivity contribution >= 4 is 36.0 Å². The Kier molecular flexibility index (Phi) is 11.1. The van der Waals surface area contributed by atoms with Gasteiger partial charge in [-0.2, -0.15) is 0 Å². The van der Waals surface area contributed by atoms with Crippen molar-refractivity contribution in [2.45, 2.75) is 65.2 Å². The van der Waals surface area contributed by atoms with Gasteiger partial charge in [0.25, 0.3) is 0 Å². The van der Waals surface area contributed by atoms with E-state index in [4.69, 9.17) is 9.47 Å². The Morgan fingerprint density at radius 1 is 1.16 bits per heavy atom. The van der Waals surface area contributed by atoms with Crippen molar-refractivity contribution in [1.29, 1.82) is 0 Å². The molecule has 1 aliphatic rings. The zero-order chi connectivity index (χ0) is 22.2. The number of carbonyl (C=O) groups excluding carboxylic acids is 1. The Labute approximate surface area is 204 Å². The van der Waals surface area contributed by atoms with E-state index in [1.165, 1.54) is 5.56 Å². The van der Waals surface area contributed by atoms with E-state index in [0.717, 1.165) is 32.1 Å². The van der Waals surface area contributed by atoms with E-state index in [0.29, 0.717) is 12.5 Å². The number of nitrogens with zero attached hydrogens (tertiary/aromatic N) is 1. The molecule has 1 saturated heterocycles. The molecule has 1 heterocycles. The molecular weight excluding hydrogens is 507 g/mol. The smallest absolute Gasteiger partial charge is 0.408 e. The summed E-state index contributed by atoms with van der Waals surface area (Å²) in [4.78, 5) is 16.8. The summed E-state index contributed by atoms with van der Waals surface area (Å²) in [5.41, 5.74) is 0.151. The van der Waals surface area contributed by atoms with Gasteiger partial charge in [0.05, 0.1) is 18.2 Å². The highest BCUT2D eigenvalue weighted by molar-refractivity contribution is 14.0. The average molecular weight is 546 g/mol. The second-order valence-corrected chi connectivity index (χ2v) is 9.34. The van der Waals surface area contributed by atoms with Gasteiger partial charge < -0.3 is 25.4 Å². The molecule has 8 heteroatoms. The van der Waals surface area contributed by atoms with Crippen molar-refractivity contribution < 1.29 is 14.3 Å². The standard InChI is InChI=1S/C23H38N4O3.HI/c1-7-24-20(26-16-23(5,6)27-21(28)30-22(2,3)4)25-15-18-13-14-29-19(18)17-11-9-8-10-12-17;/h8-12,18-19H,7,13-16H2,1-6H3,(H,27,28)(H2,24,25,26);1H. The Morgan fingerprint density at radius 2 is 1.84 bits per heavy atom. The predicted molar refractivity (Wildman–Crippen MR) is 136 cm³/mol. The quantitative estimate of drug-likeness (QED) is 0.271. The summed E-state index contributed by atoms with van der Waals surface area (Å²) in [5, 5.41) is 9.61. The molecule has 0 saturated carbocycles. The molecule has 1 aromatic rings. The number of ether oxygens (including phenoxy) is 2. The maximum Gasteiger partial charge on any atom is 0.408 e. The van der Waals surface area contributed by atoms with Crippen molar-refractivity contribution in [3.63, 3.8) is 0 Å². The van der Waals surface area contributed by atoms with Crippen LogP contribution in [0.2, 0.25) is 0 Å². The number of nitrogens with one attached hydrogen (secondary N) is 3. The molecule has 176 valence electrons. The Balaban J connectivity index is 0.00000480. The number of alkyl carbamates (subject to hydrolysis) is 1. The number of halogens is 1. The van der Waals surface area contributed by atoms with Gasteiger partial charge in [-0.1, -0.05) is 30.3 Å². The van der Waals surface area contributed by atoms with Gasteiger partial charge in [-0.3, -0.25) is 4.99 Å². The highest BCUT2D eigenvalue weighted by Crippen LogP contribution is 2.33. The molecule has 1 aromatic carbocycles. The fourth-order valence-corrected chi connectivity index (χ4v) is 3.32. The van der Waals surface area contributed by atoms with E-state index in [1.54, 1.807) is 0 Å². The summed E-state index contributed by atoms with van der Waals surface area (Å²) in [6.07, 6.45) is 0.679. The minimum Gasteiger partial charge on any atom is -0.444 e. The zero-order valence-electron chi connectivity index (χ0n) is 19.7. The van der Waals surface area contributed by atoms with E-state index in [2.05, 4.69) is 33.1 Å². The molecule has 2 rings (SSSR count). The fraction of sp³-hybridized carbons (Fsp3) is 0.652. The van der Waals surface area contributed by atoms with Gasteiger partial charge in [0.15, 0.2) is 5.96 Å². The first-order valence-corrected chi connectivity index (χ1v) is 10.8. The number of amides is 1. The molecule has 0 radical (unpaired) electrons. The fourth-order valence-electron chi connectivity index (χ4n) is 3.32. The number of hydrogen-bond donors (Lipinski definition) is 3. The highest BCUT2D eigenvalue weighted by atomic mass is 127. The molecule has 1 fully saturated rings. The van der Waals surface area contributed by atoms with Gasteiger partial charge in [-0.25, -0.2) is 4.79 Å². The monoisotopic (exact) mass is 546 g/mol. The van der Waals surface area contributed by atoms with Crippen molar-refractivity contribution in [1.82, 2.24) is 16.0 Å². The maximum atomic E-state index is 12.1. The summed E-state index contributed by atoms with van der Waals surface area (Å²) in [6.45, 7) is 14.2. The third-order valence-corrected chi connectivity index (χ3v) is 4.69. The van der Waals surface area contributed by atoms with Gasteiger partial charge in [-0.05, 0) is 53.5 Å². The molecule has 1 aliphatic heterocycles. The van der Waals surface area contributed by atoms with Crippen LogP contribution in [0.3, 0.4) is 0 Å². The van der Waals surface area contributed by atoms with Crippen LogP contribution in [0.1, 0.15) is 59.6 Å². The summed E-state index contributed by atoms with van der Waals surface area (Å²) in [6, 6.07) is 10.4. The zero-order valence-corrected chi connectivity index (χ0v) is 22.0. The molecule has 0 spiro atoms. The number of aliphatic imine (C=N–C) groups is 1. The molecule has 3 N–H and O–H groups in total. The first-order chi connectivity index (χ1) is 14.1. The third-order valence-electron chi connectivity index (χ3n) is 4.69. The molecule has 0 bridgehead atoms. The van der Waals surface area contributed by atoms with Gasteiger partial charge in [0, 0.05) is 25.6 Å². The minimum atomic E-state index is -0.534.